The molecule has 2 aromatic heterocycles. The third-order valence-corrected chi connectivity index (χ3v) is 5.18. The fraction of sp³-hybridized carbons (Fsp3) is 0.588. The summed E-state index contributed by atoms with van der Waals surface area (Å²) in [5.41, 5.74) is 2.36. The minimum atomic E-state index is 0. The van der Waals surface area contributed by atoms with Gasteiger partial charge in [-0.3, -0.25) is 14.4 Å². The van der Waals surface area contributed by atoms with Gasteiger partial charge in [-0.25, -0.2) is 4.98 Å². The Bertz CT molecular complexity index is 774. The van der Waals surface area contributed by atoms with Gasteiger partial charge in [-0.05, 0) is 19.4 Å². The van der Waals surface area contributed by atoms with E-state index in [1.807, 2.05) is 24.9 Å². The standard InChI is InChI=1S/C17H24N6O.2ClH/c1-12-9-14(15-10-19-21(2)16(15)20-12)17(24)23-6-3-13(11-23)22-7-4-18-5-8-22;;/h9-10,13,18H,3-8,11H2,1-2H3;2*1H. The van der Waals surface area contributed by atoms with E-state index in [2.05, 4.69) is 20.3 Å². The van der Waals surface area contributed by atoms with Crippen molar-refractivity contribution in [2.75, 3.05) is 39.3 Å². The molecule has 144 valence electrons. The molecule has 1 amide bonds. The van der Waals surface area contributed by atoms with Crippen molar-refractivity contribution in [1.29, 1.82) is 0 Å². The second kappa shape index (κ2) is 8.52. The third-order valence-electron chi connectivity index (χ3n) is 5.18. The number of amides is 1. The molecular formula is C17H26Cl2N6O. The van der Waals surface area contributed by atoms with E-state index in [4.69, 9.17) is 0 Å². The van der Waals surface area contributed by atoms with Gasteiger partial charge in [-0.15, -0.1) is 24.8 Å². The van der Waals surface area contributed by atoms with Crippen molar-refractivity contribution >= 4 is 41.8 Å². The third kappa shape index (κ3) is 3.81. The van der Waals surface area contributed by atoms with E-state index in [9.17, 15) is 4.79 Å². The van der Waals surface area contributed by atoms with E-state index in [-0.39, 0.29) is 30.7 Å². The molecule has 1 N–H and O–H groups in total. The van der Waals surface area contributed by atoms with Crippen LogP contribution in [0.25, 0.3) is 11.0 Å². The Morgan fingerprint density at radius 1 is 1.23 bits per heavy atom. The maximum atomic E-state index is 13.1. The Balaban J connectivity index is 0.00000121. The zero-order valence-electron chi connectivity index (χ0n) is 15.1. The van der Waals surface area contributed by atoms with Gasteiger partial charge < -0.3 is 10.2 Å². The van der Waals surface area contributed by atoms with Gasteiger partial charge in [0.05, 0.1) is 17.1 Å². The van der Waals surface area contributed by atoms with Gasteiger partial charge in [0.25, 0.3) is 5.91 Å². The number of halogens is 2. The number of aromatic nitrogens is 3. The summed E-state index contributed by atoms with van der Waals surface area (Å²) in [5.74, 6) is 0.108. The summed E-state index contributed by atoms with van der Waals surface area (Å²) < 4.78 is 1.73. The molecule has 7 nitrogen and oxygen atoms in total. The van der Waals surface area contributed by atoms with Gasteiger partial charge >= 0.3 is 0 Å². The highest BCUT2D eigenvalue weighted by atomic mass is 35.5. The molecule has 2 aliphatic rings. The molecule has 4 heterocycles. The molecule has 4 rings (SSSR count). The van der Waals surface area contributed by atoms with Crippen molar-refractivity contribution in [2.45, 2.75) is 19.4 Å². The topological polar surface area (TPSA) is 66.3 Å². The minimum absolute atomic E-state index is 0. The summed E-state index contributed by atoms with van der Waals surface area (Å²) in [6.07, 6.45) is 2.81. The Kier molecular flexibility index (Phi) is 6.85. The van der Waals surface area contributed by atoms with Gasteiger partial charge in [-0.2, -0.15) is 5.10 Å². The van der Waals surface area contributed by atoms with E-state index >= 15 is 0 Å². The van der Waals surface area contributed by atoms with Crippen LogP contribution in [0.4, 0.5) is 0 Å². The highest BCUT2D eigenvalue weighted by Gasteiger charge is 2.32. The summed E-state index contributed by atoms with van der Waals surface area (Å²) in [4.78, 5) is 22.1. The van der Waals surface area contributed by atoms with Crippen LogP contribution in [-0.4, -0.2) is 75.8 Å². The first-order chi connectivity index (χ1) is 11.6. The fourth-order valence-corrected chi connectivity index (χ4v) is 3.86. The molecule has 1 atom stereocenters. The lowest BCUT2D eigenvalue weighted by Crippen LogP contribution is -2.49. The summed E-state index contributed by atoms with van der Waals surface area (Å²) in [5, 5.41) is 8.50. The summed E-state index contributed by atoms with van der Waals surface area (Å²) in [7, 11) is 1.86. The molecule has 2 aliphatic heterocycles. The van der Waals surface area contributed by atoms with Gasteiger partial charge in [0.2, 0.25) is 0 Å². The van der Waals surface area contributed by atoms with Crippen molar-refractivity contribution in [1.82, 2.24) is 29.9 Å². The van der Waals surface area contributed by atoms with Crippen LogP contribution < -0.4 is 5.32 Å². The molecule has 0 aliphatic carbocycles. The fourth-order valence-electron chi connectivity index (χ4n) is 3.86. The second-order valence-electron chi connectivity index (χ2n) is 6.80. The van der Waals surface area contributed by atoms with Gasteiger partial charge in [0.15, 0.2) is 5.65 Å². The summed E-state index contributed by atoms with van der Waals surface area (Å²) in [6, 6.07) is 2.38. The normalized spacial score (nSPS) is 20.7. The molecule has 0 aromatic carbocycles. The Morgan fingerprint density at radius 2 is 1.96 bits per heavy atom. The number of carbonyl (C=O) groups is 1. The van der Waals surface area contributed by atoms with Crippen LogP contribution in [0.1, 0.15) is 22.5 Å². The maximum absolute atomic E-state index is 13.1. The number of carbonyl (C=O) groups excluding carboxylic acids is 1. The van der Waals surface area contributed by atoms with Crippen molar-refractivity contribution < 1.29 is 4.79 Å². The number of likely N-dealkylation sites (tertiary alicyclic amines) is 1. The quantitative estimate of drug-likeness (QED) is 0.821. The van der Waals surface area contributed by atoms with E-state index in [1.54, 1.807) is 10.9 Å². The molecule has 2 saturated heterocycles. The predicted molar refractivity (Wildman–Crippen MR) is 106 cm³/mol. The maximum Gasteiger partial charge on any atom is 0.254 e. The zero-order chi connectivity index (χ0) is 16.7. The van der Waals surface area contributed by atoms with Crippen molar-refractivity contribution in [2.24, 2.45) is 7.05 Å². The van der Waals surface area contributed by atoms with E-state index < -0.39 is 0 Å². The van der Waals surface area contributed by atoms with E-state index in [0.29, 0.717) is 6.04 Å². The summed E-state index contributed by atoms with van der Waals surface area (Å²) >= 11 is 0. The van der Waals surface area contributed by atoms with E-state index in [0.717, 1.165) is 68.0 Å². The summed E-state index contributed by atoms with van der Waals surface area (Å²) in [6.45, 7) is 7.83. The Morgan fingerprint density at radius 3 is 2.69 bits per heavy atom. The number of nitrogens with zero attached hydrogens (tertiary/aromatic N) is 5. The first kappa shape index (κ1) is 20.9. The Hall–Kier alpha value is -1.41. The van der Waals surface area contributed by atoms with E-state index in [1.165, 1.54) is 0 Å². The van der Waals surface area contributed by atoms with Crippen molar-refractivity contribution in [3.05, 3.63) is 23.5 Å². The van der Waals surface area contributed by atoms with Crippen LogP contribution in [0.3, 0.4) is 0 Å². The predicted octanol–water partition coefficient (Wildman–Crippen LogP) is 1.24. The number of hydrogen-bond acceptors (Lipinski definition) is 5. The molecule has 0 bridgehead atoms. The molecule has 0 radical (unpaired) electrons. The first-order valence-electron chi connectivity index (χ1n) is 8.67. The average Bonchev–Trinajstić information content (AvgIpc) is 3.22. The van der Waals surface area contributed by atoms with Crippen LogP contribution in [0.15, 0.2) is 12.3 Å². The molecule has 1 unspecified atom stereocenters. The lowest BCUT2D eigenvalue weighted by atomic mass is 10.1. The van der Waals surface area contributed by atoms with Crippen molar-refractivity contribution in [3.8, 4) is 0 Å². The molecule has 0 saturated carbocycles. The molecule has 26 heavy (non-hydrogen) atoms. The van der Waals surface area contributed by atoms with Gasteiger partial charge in [0.1, 0.15) is 0 Å². The Labute approximate surface area is 165 Å². The highest BCUT2D eigenvalue weighted by molar-refractivity contribution is 6.05. The van der Waals surface area contributed by atoms with Crippen LogP contribution in [0.2, 0.25) is 0 Å². The second-order valence-corrected chi connectivity index (χ2v) is 6.80. The molecular weight excluding hydrogens is 375 g/mol. The number of pyridine rings is 1. The van der Waals surface area contributed by atoms with Gasteiger partial charge in [-0.1, -0.05) is 0 Å². The number of fused-ring (bicyclic) bond motifs is 1. The molecule has 0 spiro atoms. The SMILES string of the molecule is Cc1cc(C(=O)N2CCC(N3CCNCC3)C2)c2cnn(C)c2n1.Cl.Cl. The highest BCUT2D eigenvalue weighted by Crippen LogP contribution is 2.23. The smallest absolute Gasteiger partial charge is 0.254 e. The number of piperazine rings is 1. The lowest BCUT2D eigenvalue weighted by molar-refractivity contribution is 0.0775. The molecule has 2 fully saturated rings. The van der Waals surface area contributed by atoms with Crippen LogP contribution in [0, 0.1) is 6.92 Å². The number of hydrogen-bond donors (Lipinski definition) is 1. The zero-order valence-corrected chi connectivity index (χ0v) is 16.8. The van der Waals surface area contributed by atoms with Crippen molar-refractivity contribution in [3.63, 3.8) is 0 Å². The van der Waals surface area contributed by atoms with Crippen LogP contribution in [0.5, 0.6) is 0 Å². The average molecular weight is 401 g/mol. The monoisotopic (exact) mass is 400 g/mol. The number of nitrogens with one attached hydrogen (secondary N) is 1. The lowest BCUT2D eigenvalue weighted by Gasteiger charge is -2.32. The molecule has 9 heteroatoms. The minimum Gasteiger partial charge on any atom is -0.337 e. The van der Waals surface area contributed by atoms with Gasteiger partial charge in [0, 0.05) is 58.1 Å². The van der Waals surface area contributed by atoms with Crippen LogP contribution in [-0.2, 0) is 7.05 Å². The first-order valence-corrected chi connectivity index (χ1v) is 8.67. The largest absolute Gasteiger partial charge is 0.337 e. The van der Waals surface area contributed by atoms with Crippen LogP contribution >= 0.6 is 24.8 Å². The number of aryl methyl sites for hydroxylation is 2. The molecule has 2 aromatic rings. The number of rotatable bonds is 2.